The van der Waals surface area contributed by atoms with Crippen LogP contribution < -0.4 is 5.32 Å². The van der Waals surface area contributed by atoms with Crippen LogP contribution in [0.5, 0.6) is 0 Å². The Hall–Kier alpha value is -2.11. The molecular weight excluding hydrogens is 272 g/mol. The molecule has 0 amide bonds. The number of nitrogens with one attached hydrogen (secondary N) is 1. The molecule has 1 aromatic heterocycles. The number of carbonyl (C=O) groups is 2. The highest BCUT2D eigenvalue weighted by Crippen LogP contribution is 2.23. The van der Waals surface area contributed by atoms with Crippen LogP contribution in [-0.4, -0.2) is 36.2 Å². The number of anilines is 1. The summed E-state index contributed by atoms with van der Waals surface area (Å²) in [5, 5.41) is 3.03. The Kier molecular flexibility index (Phi) is 6.14. The molecule has 1 unspecified atom stereocenters. The Morgan fingerprint density at radius 1 is 1.38 bits per heavy atom. The van der Waals surface area contributed by atoms with Crippen molar-refractivity contribution in [2.45, 2.75) is 39.2 Å². The second kappa shape index (κ2) is 7.61. The Morgan fingerprint density at radius 3 is 2.67 bits per heavy atom. The van der Waals surface area contributed by atoms with Gasteiger partial charge in [0.15, 0.2) is 0 Å². The number of esters is 2. The van der Waals surface area contributed by atoms with E-state index in [1.165, 1.54) is 7.11 Å². The summed E-state index contributed by atoms with van der Waals surface area (Å²) in [5.41, 5.74) is -0.649. The van der Waals surface area contributed by atoms with Crippen LogP contribution in [0.15, 0.2) is 18.3 Å². The van der Waals surface area contributed by atoms with Crippen LogP contribution in [0, 0.1) is 0 Å². The number of hydrogen-bond acceptors (Lipinski definition) is 6. The molecule has 0 saturated heterocycles. The standard InChI is InChI=1S/C15H22N2O4/c1-5-9-15(3,14(19)20-4)17-12-11(8-7-10-16-12)13(18)21-6-2/h7-8,10H,5-6,9H2,1-4H3,(H,16,17). The van der Waals surface area contributed by atoms with E-state index in [1.54, 1.807) is 32.2 Å². The maximum absolute atomic E-state index is 12.0. The first kappa shape index (κ1) is 16.9. The Bertz CT molecular complexity index is 504. The van der Waals surface area contributed by atoms with Gasteiger partial charge in [0.05, 0.1) is 13.7 Å². The van der Waals surface area contributed by atoms with Crippen molar-refractivity contribution in [1.82, 2.24) is 4.98 Å². The minimum atomic E-state index is -0.945. The molecule has 0 fully saturated rings. The molecule has 116 valence electrons. The third-order valence-corrected chi connectivity index (χ3v) is 3.08. The van der Waals surface area contributed by atoms with E-state index in [9.17, 15) is 9.59 Å². The molecule has 0 aliphatic rings. The van der Waals surface area contributed by atoms with Crippen LogP contribution >= 0.6 is 0 Å². The third-order valence-electron chi connectivity index (χ3n) is 3.08. The monoisotopic (exact) mass is 294 g/mol. The van der Waals surface area contributed by atoms with E-state index in [2.05, 4.69) is 10.3 Å². The molecule has 0 saturated carbocycles. The van der Waals surface area contributed by atoms with Gasteiger partial charge in [0.25, 0.3) is 0 Å². The first-order chi connectivity index (χ1) is 9.98. The fourth-order valence-electron chi connectivity index (χ4n) is 2.08. The number of hydrogen-bond donors (Lipinski definition) is 1. The van der Waals surface area contributed by atoms with E-state index in [0.717, 1.165) is 6.42 Å². The lowest BCUT2D eigenvalue weighted by Crippen LogP contribution is -2.44. The molecule has 1 rings (SSSR count). The highest BCUT2D eigenvalue weighted by atomic mass is 16.5. The van der Waals surface area contributed by atoms with Gasteiger partial charge < -0.3 is 14.8 Å². The average Bonchev–Trinajstić information content (AvgIpc) is 2.47. The SMILES string of the molecule is CCCC(C)(Nc1ncccc1C(=O)OCC)C(=O)OC. The van der Waals surface area contributed by atoms with Crippen LogP contribution in [0.2, 0.25) is 0 Å². The summed E-state index contributed by atoms with van der Waals surface area (Å²) >= 11 is 0. The van der Waals surface area contributed by atoms with Crippen molar-refractivity contribution in [2.24, 2.45) is 0 Å². The van der Waals surface area contributed by atoms with Crippen LogP contribution in [0.1, 0.15) is 44.0 Å². The summed E-state index contributed by atoms with van der Waals surface area (Å²) in [5.74, 6) is -0.557. The number of pyridine rings is 1. The maximum atomic E-state index is 12.0. The Labute approximate surface area is 124 Å². The van der Waals surface area contributed by atoms with E-state index in [1.807, 2.05) is 6.92 Å². The summed E-state index contributed by atoms with van der Waals surface area (Å²) in [4.78, 5) is 28.1. The molecule has 0 spiro atoms. The van der Waals surface area contributed by atoms with Crippen molar-refractivity contribution in [1.29, 1.82) is 0 Å². The van der Waals surface area contributed by atoms with Crippen LogP contribution in [0.25, 0.3) is 0 Å². The molecule has 1 N–H and O–H groups in total. The van der Waals surface area contributed by atoms with Crippen molar-refractivity contribution in [3.05, 3.63) is 23.9 Å². The molecular formula is C15H22N2O4. The zero-order chi connectivity index (χ0) is 15.9. The Balaban J connectivity index is 3.10. The first-order valence-electron chi connectivity index (χ1n) is 6.97. The molecule has 1 atom stereocenters. The van der Waals surface area contributed by atoms with E-state index >= 15 is 0 Å². The van der Waals surface area contributed by atoms with Gasteiger partial charge in [-0.05, 0) is 32.4 Å². The molecule has 21 heavy (non-hydrogen) atoms. The van der Waals surface area contributed by atoms with Crippen molar-refractivity contribution in [3.63, 3.8) is 0 Å². The van der Waals surface area contributed by atoms with Gasteiger partial charge in [0.2, 0.25) is 0 Å². The smallest absolute Gasteiger partial charge is 0.341 e. The highest BCUT2D eigenvalue weighted by molar-refractivity contribution is 5.95. The van der Waals surface area contributed by atoms with Crippen LogP contribution in [-0.2, 0) is 14.3 Å². The normalized spacial score (nSPS) is 13.1. The number of rotatable bonds is 7. The predicted molar refractivity (Wildman–Crippen MR) is 79.1 cm³/mol. The lowest BCUT2D eigenvalue weighted by atomic mass is 9.96. The minimum absolute atomic E-state index is 0.274. The van der Waals surface area contributed by atoms with Gasteiger partial charge in [0.1, 0.15) is 16.9 Å². The molecule has 6 heteroatoms. The number of methoxy groups -OCH3 is 1. The van der Waals surface area contributed by atoms with Gasteiger partial charge in [-0.1, -0.05) is 13.3 Å². The molecule has 6 nitrogen and oxygen atoms in total. The van der Waals surface area contributed by atoms with E-state index < -0.39 is 17.5 Å². The Morgan fingerprint density at radius 2 is 2.10 bits per heavy atom. The summed E-state index contributed by atoms with van der Waals surface area (Å²) in [6.07, 6.45) is 2.88. The van der Waals surface area contributed by atoms with Gasteiger partial charge in [0, 0.05) is 6.20 Å². The summed E-state index contributed by atoms with van der Waals surface area (Å²) in [6, 6.07) is 3.25. The molecule has 0 aliphatic heterocycles. The zero-order valence-electron chi connectivity index (χ0n) is 12.9. The second-order valence-electron chi connectivity index (χ2n) is 4.82. The van der Waals surface area contributed by atoms with Crippen LogP contribution in [0.4, 0.5) is 5.82 Å². The lowest BCUT2D eigenvalue weighted by molar-refractivity contribution is -0.145. The molecule has 0 bridgehead atoms. The number of aromatic nitrogens is 1. The fourth-order valence-corrected chi connectivity index (χ4v) is 2.08. The molecule has 0 radical (unpaired) electrons. The fraction of sp³-hybridized carbons (Fsp3) is 0.533. The van der Waals surface area contributed by atoms with Crippen LogP contribution in [0.3, 0.4) is 0 Å². The van der Waals surface area contributed by atoms with Gasteiger partial charge >= 0.3 is 11.9 Å². The average molecular weight is 294 g/mol. The van der Waals surface area contributed by atoms with Crippen molar-refractivity contribution < 1.29 is 19.1 Å². The lowest BCUT2D eigenvalue weighted by Gasteiger charge is -2.28. The van der Waals surface area contributed by atoms with Gasteiger partial charge in [-0.3, -0.25) is 0 Å². The zero-order valence-corrected chi connectivity index (χ0v) is 12.9. The van der Waals surface area contributed by atoms with Crippen molar-refractivity contribution >= 4 is 17.8 Å². The maximum Gasteiger partial charge on any atom is 0.341 e. The van der Waals surface area contributed by atoms with E-state index in [0.29, 0.717) is 17.8 Å². The van der Waals surface area contributed by atoms with Crippen molar-refractivity contribution in [2.75, 3.05) is 19.0 Å². The first-order valence-corrected chi connectivity index (χ1v) is 6.97. The highest BCUT2D eigenvalue weighted by Gasteiger charge is 2.34. The van der Waals surface area contributed by atoms with E-state index in [-0.39, 0.29) is 6.61 Å². The third kappa shape index (κ3) is 4.18. The summed E-state index contributed by atoms with van der Waals surface area (Å²) in [7, 11) is 1.34. The summed E-state index contributed by atoms with van der Waals surface area (Å²) in [6.45, 7) is 5.70. The summed E-state index contributed by atoms with van der Waals surface area (Å²) < 4.78 is 9.84. The topological polar surface area (TPSA) is 77.5 Å². The number of nitrogens with zero attached hydrogens (tertiary/aromatic N) is 1. The largest absolute Gasteiger partial charge is 0.467 e. The minimum Gasteiger partial charge on any atom is -0.467 e. The number of ether oxygens (including phenoxy) is 2. The van der Waals surface area contributed by atoms with E-state index in [4.69, 9.17) is 9.47 Å². The molecule has 0 aliphatic carbocycles. The quantitative estimate of drug-likeness (QED) is 0.778. The van der Waals surface area contributed by atoms with Gasteiger partial charge in [-0.25, -0.2) is 14.6 Å². The van der Waals surface area contributed by atoms with Crippen molar-refractivity contribution in [3.8, 4) is 0 Å². The second-order valence-corrected chi connectivity index (χ2v) is 4.82. The van der Waals surface area contributed by atoms with Gasteiger partial charge in [-0.2, -0.15) is 0 Å². The molecule has 0 aromatic carbocycles. The predicted octanol–water partition coefficient (Wildman–Crippen LogP) is 2.40. The van der Waals surface area contributed by atoms with Gasteiger partial charge in [-0.15, -0.1) is 0 Å². The number of carbonyl (C=O) groups excluding carboxylic acids is 2. The molecule has 1 aromatic rings. The molecule has 1 heterocycles.